The highest BCUT2D eigenvalue weighted by atomic mass is 32.2. The van der Waals surface area contributed by atoms with Crippen molar-refractivity contribution in [3.8, 4) is 0 Å². The summed E-state index contributed by atoms with van der Waals surface area (Å²) in [5, 5.41) is 8.99. The Kier molecular flexibility index (Phi) is 5.06. The average molecular weight is 252 g/mol. The van der Waals surface area contributed by atoms with Crippen LogP contribution in [-0.4, -0.2) is 16.8 Å². The number of carbonyl (C=O) groups is 1. The Bertz CT molecular complexity index is 386. The molecule has 0 aliphatic heterocycles. The number of thioether (sulfide) groups is 1. The van der Waals surface area contributed by atoms with Gasteiger partial charge >= 0.3 is 5.97 Å². The number of carboxylic acids is 1. The fraction of sp³-hybridized carbons (Fsp3) is 0.500. The van der Waals surface area contributed by atoms with Gasteiger partial charge in [0, 0.05) is 5.75 Å². The third-order valence-electron chi connectivity index (χ3n) is 2.97. The highest BCUT2D eigenvalue weighted by Crippen LogP contribution is 2.25. The van der Waals surface area contributed by atoms with Crippen molar-refractivity contribution in [3.05, 3.63) is 35.4 Å². The van der Waals surface area contributed by atoms with E-state index in [9.17, 15) is 4.79 Å². The highest BCUT2D eigenvalue weighted by molar-refractivity contribution is 7.98. The highest BCUT2D eigenvalue weighted by Gasteiger charge is 2.26. The standard InChI is InChI=1S/C14H20O2S/c1-11-6-4-5-7-12(11)10-17-9-8-14(2,3)13(15)16/h4-7H,8-10H2,1-3H3,(H,15,16). The van der Waals surface area contributed by atoms with Gasteiger partial charge in [-0.15, -0.1) is 0 Å². The molecule has 94 valence electrons. The molecular formula is C14H20O2S. The van der Waals surface area contributed by atoms with Crippen LogP contribution in [0.5, 0.6) is 0 Å². The van der Waals surface area contributed by atoms with Gasteiger partial charge in [-0.3, -0.25) is 4.79 Å². The summed E-state index contributed by atoms with van der Waals surface area (Å²) in [6, 6.07) is 8.32. The van der Waals surface area contributed by atoms with E-state index in [1.807, 2.05) is 12.1 Å². The molecular weight excluding hydrogens is 232 g/mol. The Morgan fingerprint density at radius 2 is 2.00 bits per heavy atom. The van der Waals surface area contributed by atoms with E-state index in [1.165, 1.54) is 11.1 Å². The first-order valence-electron chi connectivity index (χ1n) is 5.79. The van der Waals surface area contributed by atoms with Gasteiger partial charge in [0.25, 0.3) is 0 Å². The van der Waals surface area contributed by atoms with Crippen molar-refractivity contribution in [1.82, 2.24) is 0 Å². The van der Waals surface area contributed by atoms with Gasteiger partial charge in [-0.25, -0.2) is 0 Å². The summed E-state index contributed by atoms with van der Waals surface area (Å²) in [4.78, 5) is 10.9. The lowest BCUT2D eigenvalue weighted by atomic mass is 9.91. The molecule has 0 unspecified atom stereocenters. The number of aliphatic carboxylic acids is 1. The van der Waals surface area contributed by atoms with Crippen LogP contribution in [0.3, 0.4) is 0 Å². The van der Waals surface area contributed by atoms with E-state index in [0.717, 1.165) is 11.5 Å². The Morgan fingerprint density at radius 1 is 1.35 bits per heavy atom. The van der Waals surface area contributed by atoms with Gasteiger partial charge in [0.2, 0.25) is 0 Å². The second-order valence-electron chi connectivity index (χ2n) is 4.92. The van der Waals surface area contributed by atoms with Crippen LogP contribution in [0.4, 0.5) is 0 Å². The molecule has 0 amide bonds. The number of carboxylic acid groups (broad SMARTS) is 1. The normalized spacial score (nSPS) is 11.5. The molecule has 3 heteroatoms. The minimum atomic E-state index is -0.714. The molecule has 0 bridgehead atoms. The summed E-state index contributed by atoms with van der Waals surface area (Å²) >= 11 is 1.80. The second-order valence-corrected chi connectivity index (χ2v) is 6.02. The third kappa shape index (κ3) is 4.43. The zero-order chi connectivity index (χ0) is 12.9. The maximum atomic E-state index is 10.9. The summed E-state index contributed by atoms with van der Waals surface area (Å²) in [7, 11) is 0. The van der Waals surface area contributed by atoms with Crippen LogP contribution in [0.1, 0.15) is 31.4 Å². The van der Waals surface area contributed by atoms with Crippen LogP contribution < -0.4 is 0 Å². The van der Waals surface area contributed by atoms with Gasteiger partial charge in [0.05, 0.1) is 5.41 Å². The first-order valence-corrected chi connectivity index (χ1v) is 6.94. The van der Waals surface area contributed by atoms with Crippen LogP contribution in [0.25, 0.3) is 0 Å². The Balaban J connectivity index is 2.35. The van der Waals surface area contributed by atoms with E-state index in [2.05, 4.69) is 19.1 Å². The van der Waals surface area contributed by atoms with Crippen LogP contribution in [0.15, 0.2) is 24.3 Å². The van der Waals surface area contributed by atoms with E-state index in [4.69, 9.17) is 5.11 Å². The molecule has 2 nitrogen and oxygen atoms in total. The van der Waals surface area contributed by atoms with Gasteiger partial charge in [-0.2, -0.15) is 11.8 Å². The monoisotopic (exact) mass is 252 g/mol. The molecule has 0 saturated heterocycles. The molecule has 1 rings (SSSR count). The quantitative estimate of drug-likeness (QED) is 0.784. The van der Waals surface area contributed by atoms with Crippen LogP contribution in [-0.2, 0) is 10.5 Å². The van der Waals surface area contributed by atoms with Crippen molar-refractivity contribution < 1.29 is 9.90 Å². The van der Waals surface area contributed by atoms with E-state index >= 15 is 0 Å². The van der Waals surface area contributed by atoms with Gasteiger partial charge in [0.15, 0.2) is 0 Å². The van der Waals surface area contributed by atoms with E-state index in [-0.39, 0.29) is 0 Å². The summed E-state index contributed by atoms with van der Waals surface area (Å²) in [6.45, 7) is 5.67. The van der Waals surface area contributed by atoms with E-state index < -0.39 is 11.4 Å². The van der Waals surface area contributed by atoms with Gasteiger partial charge < -0.3 is 5.11 Å². The van der Waals surface area contributed by atoms with Crippen molar-refractivity contribution in [2.24, 2.45) is 5.41 Å². The lowest BCUT2D eigenvalue weighted by molar-refractivity contribution is -0.146. The molecule has 0 fully saturated rings. The molecule has 1 N–H and O–H groups in total. The fourth-order valence-corrected chi connectivity index (χ4v) is 2.73. The van der Waals surface area contributed by atoms with Gasteiger partial charge in [0.1, 0.15) is 0 Å². The summed E-state index contributed by atoms with van der Waals surface area (Å²) in [5.41, 5.74) is 2.03. The molecule has 17 heavy (non-hydrogen) atoms. The minimum Gasteiger partial charge on any atom is -0.481 e. The summed E-state index contributed by atoms with van der Waals surface area (Å²) in [5.74, 6) is 1.13. The summed E-state index contributed by atoms with van der Waals surface area (Å²) in [6.07, 6.45) is 0.707. The van der Waals surface area contributed by atoms with Gasteiger partial charge in [-0.1, -0.05) is 24.3 Å². The first-order chi connectivity index (χ1) is 7.93. The van der Waals surface area contributed by atoms with Crippen molar-refractivity contribution in [2.45, 2.75) is 32.9 Å². The molecule has 0 atom stereocenters. The molecule has 1 aromatic carbocycles. The smallest absolute Gasteiger partial charge is 0.309 e. The predicted molar refractivity (Wildman–Crippen MR) is 73.4 cm³/mol. The third-order valence-corrected chi connectivity index (χ3v) is 3.98. The van der Waals surface area contributed by atoms with Crippen molar-refractivity contribution >= 4 is 17.7 Å². The zero-order valence-electron chi connectivity index (χ0n) is 10.7. The largest absolute Gasteiger partial charge is 0.481 e. The first kappa shape index (κ1) is 14.1. The zero-order valence-corrected chi connectivity index (χ0v) is 11.5. The molecule has 0 spiro atoms. The molecule has 0 radical (unpaired) electrons. The van der Waals surface area contributed by atoms with Crippen LogP contribution in [0, 0.1) is 12.3 Å². The van der Waals surface area contributed by atoms with Crippen molar-refractivity contribution in [3.63, 3.8) is 0 Å². The topological polar surface area (TPSA) is 37.3 Å². The lowest BCUT2D eigenvalue weighted by Gasteiger charge is -2.18. The minimum absolute atomic E-state index is 0.612. The number of benzene rings is 1. The molecule has 0 saturated carbocycles. The SMILES string of the molecule is Cc1ccccc1CSCCC(C)(C)C(=O)O. The van der Waals surface area contributed by atoms with Crippen LogP contribution >= 0.6 is 11.8 Å². The molecule has 1 aromatic rings. The second kappa shape index (κ2) is 6.10. The lowest BCUT2D eigenvalue weighted by Crippen LogP contribution is -2.24. The Hall–Kier alpha value is -0.960. The molecule has 0 aliphatic rings. The number of hydrogen-bond acceptors (Lipinski definition) is 2. The van der Waals surface area contributed by atoms with E-state index in [1.54, 1.807) is 25.6 Å². The number of hydrogen-bond donors (Lipinski definition) is 1. The van der Waals surface area contributed by atoms with Crippen LogP contribution in [0.2, 0.25) is 0 Å². The van der Waals surface area contributed by atoms with Crippen molar-refractivity contribution in [1.29, 1.82) is 0 Å². The molecule has 0 aromatic heterocycles. The Labute approximate surface area is 107 Å². The molecule has 0 aliphatic carbocycles. The maximum Gasteiger partial charge on any atom is 0.309 e. The number of rotatable bonds is 6. The Morgan fingerprint density at radius 3 is 2.59 bits per heavy atom. The molecule has 0 heterocycles. The summed E-state index contributed by atoms with van der Waals surface area (Å²) < 4.78 is 0. The predicted octanol–water partition coefficient (Wildman–Crippen LogP) is 3.73. The van der Waals surface area contributed by atoms with Gasteiger partial charge in [-0.05, 0) is 44.1 Å². The average Bonchev–Trinajstić information content (AvgIpc) is 2.26. The number of aryl methyl sites for hydroxylation is 1. The fourth-order valence-electron chi connectivity index (χ4n) is 1.39. The van der Waals surface area contributed by atoms with Crippen molar-refractivity contribution in [2.75, 3.05) is 5.75 Å². The maximum absolute atomic E-state index is 10.9. The van der Waals surface area contributed by atoms with E-state index in [0.29, 0.717) is 6.42 Å².